The van der Waals surface area contributed by atoms with Gasteiger partial charge in [-0.15, -0.1) is 0 Å². The lowest BCUT2D eigenvalue weighted by Gasteiger charge is -2.21. The Balaban J connectivity index is 1.71. The van der Waals surface area contributed by atoms with Gasteiger partial charge in [-0.25, -0.2) is 4.79 Å². The summed E-state index contributed by atoms with van der Waals surface area (Å²) in [4.78, 5) is 23.7. The van der Waals surface area contributed by atoms with Gasteiger partial charge in [0, 0.05) is 12.0 Å². The highest BCUT2D eigenvalue weighted by molar-refractivity contribution is 5.71. The van der Waals surface area contributed by atoms with Gasteiger partial charge < -0.3 is 14.8 Å². The summed E-state index contributed by atoms with van der Waals surface area (Å²) in [6.45, 7) is 5.78. The van der Waals surface area contributed by atoms with Gasteiger partial charge >= 0.3 is 12.1 Å². The van der Waals surface area contributed by atoms with E-state index in [0.29, 0.717) is 12.8 Å². The number of amides is 1. The molecule has 1 aromatic carbocycles. The number of ether oxygens (including phenoxy) is 2. The first-order chi connectivity index (χ1) is 10.8. The van der Waals surface area contributed by atoms with E-state index in [1.807, 2.05) is 51.1 Å². The largest absolute Gasteiger partial charge is 0.460 e. The van der Waals surface area contributed by atoms with Crippen molar-refractivity contribution in [1.29, 1.82) is 0 Å². The first-order valence-electron chi connectivity index (χ1n) is 7.99. The number of hydrogen-bond donors (Lipinski definition) is 1. The van der Waals surface area contributed by atoms with Gasteiger partial charge in [0.05, 0.1) is 0 Å². The van der Waals surface area contributed by atoms with Crippen molar-refractivity contribution in [3.05, 3.63) is 35.9 Å². The zero-order chi connectivity index (χ0) is 16.9. The molecule has 1 N–H and O–H groups in total. The Morgan fingerprint density at radius 1 is 1.17 bits per heavy atom. The van der Waals surface area contributed by atoms with E-state index in [4.69, 9.17) is 9.47 Å². The van der Waals surface area contributed by atoms with E-state index in [2.05, 4.69) is 5.32 Å². The maximum atomic E-state index is 11.9. The zero-order valence-corrected chi connectivity index (χ0v) is 14.1. The van der Waals surface area contributed by atoms with Crippen LogP contribution in [-0.2, 0) is 20.9 Å². The maximum absolute atomic E-state index is 11.9. The molecule has 0 aromatic heterocycles. The van der Waals surface area contributed by atoms with Gasteiger partial charge in [-0.1, -0.05) is 30.3 Å². The van der Waals surface area contributed by atoms with Gasteiger partial charge in [0.25, 0.3) is 0 Å². The molecular formula is C18H25NO4. The number of carbonyl (C=O) groups is 2. The molecule has 1 aromatic rings. The van der Waals surface area contributed by atoms with Crippen LogP contribution in [0, 0.1) is 0 Å². The number of alkyl carbamates (subject to hydrolysis) is 1. The lowest BCUT2D eigenvalue weighted by Crippen LogP contribution is -2.38. The molecule has 0 saturated heterocycles. The molecular weight excluding hydrogens is 294 g/mol. The van der Waals surface area contributed by atoms with Crippen molar-refractivity contribution in [1.82, 2.24) is 5.32 Å². The fourth-order valence-electron chi connectivity index (χ4n) is 2.30. The van der Waals surface area contributed by atoms with Crippen LogP contribution in [0.15, 0.2) is 30.3 Å². The lowest BCUT2D eigenvalue weighted by molar-refractivity contribution is -0.155. The Labute approximate surface area is 137 Å². The molecule has 23 heavy (non-hydrogen) atoms. The molecule has 1 saturated carbocycles. The fraction of sp³-hybridized carbons (Fsp3) is 0.556. The third-order valence-electron chi connectivity index (χ3n) is 3.66. The Kier molecular flexibility index (Phi) is 5.29. The average molecular weight is 319 g/mol. The molecule has 0 bridgehead atoms. The van der Waals surface area contributed by atoms with Crippen LogP contribution in [0.2, 0.25) is 0 Å². The molecule has 0 spiro atoms. The van der Waals surface area contributed by atoms with E-state index in [1.165, 1.54) is 0 Å². The second kappa shape index (κ2) is 7.02. The van der Waals surface area contributed by atoms with Gasteiger partial charge in [0.2, 0.25) is 0 Å². The Morgan fingerprint density at radius 2 is 1.83 bits per heavy atom. The molecule has 0 heterocycles. The molecule has 0 radical (unpaired) electrons. The average Bonchev–Trinajstić information content (AvgIpc) is 3.22. The van der Waals surface area contributed by atoms with E-state index in [9.17, 15) is 9.59 Å². The highest BCUT2D eigenvalue weighted by atomic mass is 16.6. The molecule has 1 aliphatic rings. The number of rotatable bonds is 6. The standard InChI is InChI=1S/C18H25NO4/c1-17(2,3)23-15(20)9-10-18(11-12-18)19-16(21)22-13-14-7-5-4-6-8-14/h4-8H,9-13H2,1-3H3,(H,19,21). The zero-order valence-electron chi connectivity index (χ0n) is 14.1. The summed E-state index contributed by atoms with van der Waals surface area (Å²) >= 11 is 0. The lowest BCUT2D eigenvalue weighted by atomic mass is 10.1. The molecule has 5 nitrogen and oxygen atoms in total. The maximum Gasteiger partial charge on any atom is 0.407 e. The van der Waals surface area contributed by atoms with E-state index in [1.54, 1.807) is 0 Å². The number of carbonyl (C=O) groups excluding carboxylic acids is 2. The summed E-state index contributed by atoms with van der Waals surface area (Å²) in [5.74, 6) is -0.233. The molecule has 0 aliphatic heterocycles. The van der Waals surface area contributed by atoms with E-state index in [0.717, 1.165) is 18.4 Å². The van der Waals surface area contributed by atoms with Crippen LogP contribution in [0.25, 0.3) is 0 Å². The fourth-order valence-corrected chi connectivity index (χ4v) is 2.30. The highest BCUT2D eigenvalue weighted by Crippen LogP contribution is 2.40. The second-order valence-corrected chi connectivity index (χ2v) is 7.05. The van der Waals surface area contributed by atoms with E-state index >= 15 is 0 Å². The smallest absolute Gasteiger partial charge is 0.407 e. The van der Waals surface area contributed by atoms with Gasteiger partial charge in [-0.3, -0.25) is 4.79 Å². The van der Waals surface area contributed by atoms with E-state index < -0.39 is 11.7 Å². The summed E-state index contributed by atoms with van der Waals surface area (Å²) in [7, 11) is 0. The van der Waals surface area contributed by atoms with Crippen LogP contribution in [0.1, 0.15) is 52.0 Å². The van der Waals surface area contributed by atoms with Gasteiger partial charge in [-0.05, 0) is 45.6 Å². The Bertz CT molecular complexity index is 544. The molecule has 126 valence electrons. The number of esters is 1. The molecule has 5 heteroatoms. The SMILES string of the molecule is CC(C)(C)OC(=O)CCC1(NC(=O)OCc2ccccc2)CC1. The number of benzene rings is 1. The van der Waals surface area contributed by atoms with Crippen LogP contribution >= 0.6 is 0 Å². The van der Waals surface area contributed by atoms with Crippen molar-refractivity contribution in [2.24, 2.45) is 0 Å². The van der Waals surface area contributed by atoms with E-state index in [-0.39, 0.29) is 18.1 Å². The molecule has 1 aliphatic carbocycles. The first kappa shape index (κ1) is 17.3. The Hall–Kier alpha value is -2.04. The molecule has 0 atom stereocenters. The van der Waals surface area contributed by atoms with Crippen molar-refractivity contribution >= 4 is 12.1 Å². The number of hydrogen-bond acceptors (Lipinski definition) is 4. The van der Waals surface area contributed by atoms with Crippen LogP contribution in [0.4, 0.5) is 4.79 Å². The minimum Gasteiger partial charge on any atom is -0.460 e. The van der Waals surface area contributed by atoms with Crippen LogP contribution in [-0.4, -0.2) is 23.2 Å². The summed E-state index contributed by atoms with van der Waals surface area (Å²) in [5, 5.41) is 2.89. The normalized spacial score (nSPS) is 15.6. The third-order valence-corrected chi connectivity index (χ3v) is 3.66. The van der Waals surface area contributed by atoms with Gasteiger partial charge in [0.1, 0.15) is 12.2 Å². The van der Waals surface area contributed by atoms with Gasteiger partial charge in [0.15, 0.2) is 0 Å². The summed E-state index contributed by atoms with van der Waals surface area (Å²) in [6, 6.07) is 9.53. The molecule has 0 unspecified atom stereocenters. The monoisotopic (exact) mass is 319 g/mol. The minimum absolute atomic E-state index is 0.233. The Morgan fingerprint density at radius 3 is 2.39 bits per heavy atom. The van der Waals surface area contributed by atoms with Crippen molar-refractivity contribution in [2.75, 3.05) is 0 Å². The van der Waals surface area contributed by atoms with Crippen molar-refractivity contribution in [2.45, 2.75) is 64.2 Å². The topological polar surface area (TPSA) is 64.6 Å². The van der Waals surface area contributed by atoms with Crippen molar-refractivity contribution < 1.29 is 19.1 Å². The van der Waals surface area contributed by atoms with Crippen LogP contribution in [0.3, 0.4) is 0 Å². The summed E-state index contributed by atoms with van der Waals surface area (Å²) in [6.07, 6.45) is 2.20. The molecule has 2 rings (SSSR count). The van der Waals surface area contributed by atoms with Crippen molar-refractivity contribution in [3.63, 3.8) is 0 Å². The van der Waals surface area contributed by atoms with Crippen LogP contribution in [0.5, 0.6) is 0 Å². The van der Waals surface area contributed by atoms with Crippen molar-refractivity contribution in [3.8, 4) is 0 Å². The predicted molar refractivity (Wildman–Crippen MR) is 86.8 cm³/mol. The summed E-state index contributed by atoms with van der Waals surface area (Å²) in [5.41, 5.74) is 0.168. The predicted octanol–water partition coefficient (Wildman–Crippen LogP) is 3.57. The third kappa shape index (κ3) is 6.30. The van der Waals surface area contributed by atoms with Gasteiger partial charge in [-0.2, -0.15) is 0 Å². The van der Waals surface area contributed by atoms with Crippen LogP contribution < -0.4 is 5.32 Å². The molecule has 1 fully saturated rings. The minimum atomic E-state index is -0.476. The summed E-state index contributed by atoms with van der Waals surface area (Å²) < 4.78 is 10.5. The quantitative estimate of drug-likeness (QED) is 0.814. The molecule has 1 amide bonds. The number of nitrogens with one attached hydrogen (secondary N) is 1. The second-order valence-electron chi connectivity index (χ2n) is 7.05. The highest BCUT2D eigenvalue weighted by Gasteiger charge is 2.44. The first-order valence-corrected chi connectivity index (χ1v) is 7.99.